The van der Waals surface area contributed by atoms with E-state index in [1.807, 2.05) is 0 Å². The van der Waals surface area contributed by atoms with Crippen molar-refractivity contribution in [2.45, 2.75) is 5.56 Å². The molecule has 1 unspecified atom stereocenters. The van der Waals surface area contributed by atoms with Crippen molar-refractivity contribution in [2.75, 3.05) is 17.3 Å². The molecule has 1 aromatic heterocycles. The summed E-state index contributed by atoms with van der Waals surface area (Å²) in [4.78, 5) is 11.8. The summed E-state index contributed by atoms with van der Waals surface area (Å²) >= 11 is 11.5. The van der Waals surface area contributed by atoms with E-state index >= 15 is 0 Å². The van der Waals surface area contributed by atoms with E-state index in [2.05, 4.69) is 15.0 Å². The molecule has 1 heterocycles. The van der Waals surface area contributed by atoms with Gasteiger partial charge in [0, 0.05) is 17.4 Å². The second kappa shape index (κ2) is 5.90. The molecule has 0 radical (unpaired) electrons. The summed E-state index contributed by atoms with van der Waals surface area (Å²) < 4.78 is 5.48. The maximum Gasteiger partial charge on any atom is 0.185 e. The summed E-state index contributed by atoms with van der Waals surface area (Å²) in [5.74, 6) is 0.873. The molecule has 0 aliphatic heterocycles. The highest BCUT2D eigenvalue weighted by atomic mass is 35.5. The van der Waals surface area contributed by atoms with Crippen molar-refractivity contribution in [3.8, 4) is 17.1 Å². The van der Waals surface area contributed by atoms with Crippen LogP contribution in [0.25, 0.3) is 11.4 Å². The van der Waals surface area contributed by atoms with E-state index in [0.717, 1.165) is 0 Å². The van der Waals surface area contributed by atoms with Crippen LogP contribution in [0.1, 0.15) is 0 Å². The Morgan fingerprint density at radius 1 is 1.21 bits per heavy atom. The summed E-state index contributed by atoms with van der Waals surface area (Å²) in [5.41, 5.74) is 12.3. The summed E-state index contributed by atoms with van der Waals surface area (Å²) in [5, 5.41) is 0. The third kappa shape index (κ3) is 3.15. The molecular formula is C11H11Cl2N5O. The number of anilines is 2. The van der Waals surface area contributed by atoms with Gasteiger partial charge in [0.1, 0.15) is 18.4 Å². The Morgan fingerprint density at radius 2 is 1.89 bits per heavy atom. The van der Waals surface area contributed by atoms with Gasteiger partial charge in [-0.2, -0.15) is 0 Å². The van der Waals surface area contributed by atoms with Crippen LogP contribution in [0.3, 0.4) is 0 Å². The summed E-state index contributed by atoms with van der Waals surface area (Å²) in [7, 11) is 0. The first-order valence-electron chi connectivity index (χ1n) is 5.30. The lowest BCUT2D eigenvalue weighted by Gasteiger charge is -2.15. The molecule has 0 aliphatic rings. The molecule has 0 amide bonds. The molecule has 0 saturated carbocycles. The number of hydrogen-bond donors (Lipinski definition) is 2. The summed E-state index contributed by atoms with van der Waals surface area (Å²) in [6.45, 7) is 0. The van der Waals surface area contributed by atoms with Crippen LogP contribution in [0.4, 0.5) is 11.4 Å². The first kappa shape index (κ1) is 13.6. The standard InChI is InChI=1S/C11H11Cl2N5O/c12-3-9(13)19-8-2-6(14)1-7(15)10(8)11-17-4-16-5-18-11/h1-2,4-5,9H,3,14-15H2. The molecule has 4 N–H and O–H groups in total. The molecule has 100 valence electrons. The van der Waals surface area contributed by atoms with Gasteiger partial charge in [0.25, 0.3) is 0 Å². The first-order valence-corrected chi connectivity index (χ1v) is 6.27. The van der Waals surface area contributed by atoms with Gasteiger partial charge in [0.2, 0.25) is 0 Å². The molecule has 2 rings (SSSR count). The van der Waals surface area contributed by atoms with Crippen molar-refractivity contribution in [1.29, 1.82) is 0 Å². The Morgan fingerprint density at radius 3 is 2.53 bits per heavy atom. The van der Waals surface area contributed by atoms with Crippen LogP contribution in [0.5, 0.6) is 5.75 Å². The molecule has 1 aromatic carbocycles. The smallest absolute Gasteiger partial charge is 0.185 e. The van der Waals surface area contributed by atoms with Gasteiger partial charge in [-0.25, -0.2) is 15.0 Å². The maximum absolute atomic E-state index is 5.93. The molecule has 0 bridgehead atoms. The van der Waals surface area contributed by atoms with Crippen LogP contribution in [0.2, 0.25) is 0 Å². The second-order valence-electron chi connectivity index (χ2n) is 3.63. The number of hydrogen-bond acceptors (Lipinski definition) is 6. The van der Waals surface area contributed by atoms with E-state index in [-0.39, 0.29) is 5.88 Å². The van der Waals surface area contributed by atoms with Gasteiger partial charge < -0.3 is 16.2 Å². The number of aromatic nitrogens is 3. The van der Waals surface area contributed by atoms with Crippen molar-refractivity contribution in [3.05, 3.63) is 24.8 Å². The van der Waals surface area contributed by atoms with Gasteiger partial charge in [-0.15, -0.1) is 11.6 Å². The Labute approximate surface area is 119 Å². The maximum atomic E-state index is 5.93. The molecular weight excluding hydrogens is 289 g/mol. The van der Waals surface area contributed by atoms with Crippen LogP contribution in [-0.2, 0) is 0 Å². The van der Waals surface area contributed by atoms with Crippen molar-refractivity contribution in [3.63, 3.8) is 0 Å². The van der Waals surface area contributed by atoms with E-state index in [1.54, 1.807) is 12.1 Å². The molecule has 0 saturated heterocycles. The predicted octanol–water partition coefficient (Wildman–Crippen LogP) is 1.89. The number of nitrogen functional groups attached to an aromatic ring is 2. The van der Waals surface area contributed by atoms with Gasteiger partial charge in [0.05, 0.1) is 11.4 Å². The predicted molar refractivity (Wildman–Crippen MR) is 75.1 cm³/mol. The lowest BCUT2D eigenvalue weighted by atomic mass is 10.1. The van der Waals surface area contributed by atoms with Gasteiger partial charge in [0.15, 0.2) is 11.4 Å². The molecule has 8 heteroatoms. The molecule has 19 heavy (non-hydrogen) atoms. The zero-order valence-electron chi connectivity index (χ0n) is 9.75. The highest BCUT2D eigenvalue weighted by molar-refractivity contribution is 6.27. The molecule has 1 atom stereocenters. The van der Waals surface area contributed by atoms with Crippen molar-refractivity contribution in [1.82, 2.24) is 15.0 Å². The lowest BCUT2D eigenvalue weighted by Crippen LogP contribution is -2.12. The summed E-state index contributed by atoms with van der Waals surface area (Å²) in [6, 6.07) is 3.19. The third-order valence-corrected chi connectivity index (χ3v) is 2.93. The normalized spacial score (nSPS) is 12.1. The minimum Gasteiger partial charge on any atom is -0.473 e. The van der Waals surface area contributed by atoms with E-state index in [0.29, 0.717) is 28.5 Å². The van der Waals surface area contributed by atoms with Crippen LogP contribution in [0, 0.1) is 0 Å². The van der Waals surface area contributed by atoms with Gasteiger partial charge in [-0.05, 0) is 6.07 Å². The topological polar surface area (TPSA) is 99.9 Å². The fraction of sp³-hybridized carbons (Fsp3) is 0.182. The van der Waals surface area contributed by atoms with Crippen LogP contribution >= 0.6 is 23.2 Å². The largest absolute Gasteiger partial charge is 0.473 e. The van der Waals surface area contributed by atoms with Gasteiger partial charge >= 0.3 is 0 Å². The number of halogens is 2. The lowest BCUT2D eigenvalue weighted by molar-refractivity contribution is 0.305. The van der Waals surface area contributed by atoms with Crippen molar-refractivity contribution in [2.24, 2.45) is 0 Å². The SMILES string of the molecule is Nc1cc(N)c(-c2ncncn2)c(OC(Cl)CCl)c1. The Bertz CT molecular complexity index is 567. The average molecular weight is 300 g/mol. The molecule has 0 spiro atoms. The van der Waals surface area contributed by atoms with E-state index in [1.165, 1.54) is 12.7 Å². The number of ether oxygens (including phenoxy) is 1. The second-order valence-corrected chi connectivity index (χ2v) is 4.42. The monoisotopic (exact) mass is 299 g/mol. The van der Waals surface area contributed by atoms with Crippen LogP contribution < -0.4 is 16.2 Å². The first-order chi connectivity index (χ1) is 9.11. The van der Waals surface area contributed by atoms with E-state index in [9.17, 15) is 0 Å². The van der Waals surface area contributed by atoms with E-state index < -0.39 is 5.56 Å². The average Bonchev–Trinajstić information content (AvgIpc) is 2.39. The summed E-state index contributed by atoms with van der Waals surface area (Å²) in [6.07, 6.45) is 2.73. The molecule has 0 aliphatic carbocycles. The number of alkyl halides is 2. The van der Waals surface area contributed by atoms with Crippen molar-refractivity contribution < 1.29 is 4.74 Å². The number of rotatable bonds is 4. The van der Waals surface area contributed by atoms with Crippen molar-refractivity contribution >= 4 is 34.6 Å². The minimum absolute atomic E-state index is 0.118. The number of benzene rings is 1. The van der Waals surface area contributed by atoms with Gasteiger partial charge in [-0.3, -0.25) is 0 Å². The highest BCUT2D eigenvalue weighted by Gasteiger charge is 2.16. The quantitative estimate of drug-likeness (QED) is 0.660. The zero-order valence-corrected chi connectivity index (χ0v) is 11.3. The Kier molecular flexibility index (Phi) is 4.24. The fourth-order valence-electron chi connectivity index (χ4n) is 1.53. The molecule has 0 fully saturated rings. The van der Waals surface area contributed by atoms with Crippen LogP contribution in [0.15, 0.2) is 24.8 Å². The molecule has 2 aromatic rings. The van der Waals surface area contributed by atoms with Gasteiger partial charge in [-0.1, -0.05) is 11.6 Å². The zero-order chi connectivity index (χ0) is 13.8. The number of nitrogens with zero attached hydrogens (tertiary/aromatic N) is 3. The fourth-order valence-corrected chi connectivity index (χ4v) is 1.69. The van der Waals surface area contributed by atoms with Crippen LogP contribution in [-0.4, -0.2) is 26.4 Å². The Balaban J connectivity index is 2.52. The number of nitrogens with two attached hydrogens (primary N) is 2. The third-order valence-electron chi connectivity index (χ3n) is 2.25. The molecule has 6 nitrogen and oxygen atoms in total. The Hall–Kier alpha value is -1.79. The van der Waals surface area contributed by atoms with E-state index in [4.69, 9.17) is 39.4 Å². The highest BCUT2D eigenvalue weighted by Crippen LogP contribution is 2.36. The minimum atomic E-state index is -0.705.